The Labute approximate surface area is 174 Å². The lowest BCUT2D eigenvalue weighted by Crippen LogP contribution is -2.49. The van der Waals surface area contributed by atoms with E-state index in [1.807, 2.05) is 4.90 Å². The number of rotatable bonds is 5. The standard InChI is InChI=1S/C15H18N2O2.C8H6O3/c18-11-12-1-3-13(4-2-12)15(19)17-9-7-16(8-10-17)14-5-6-14;9-5-6-1-3-7(4-2-6)8(10)11/h1-4,11,14H,5-10H2;1-5H,(H,10,11). The lowest BCUT2D eigenvalue weighted by molar-refractivity contribution is 0.0626. The molecular weight excluding hydrogens is 384 g/mol. The number of carbonyl (C=O) groups excluding carboxylic acids is 3. The summed E-state index contributed by atoms with van der Waals surface area (Å²) in [5.41, 5.74) is 1.95. The van der Waals surface area contributed by atoms with Crippen molar-refractivity contribution < 1.29 is 24.3 Å². The zero-order valence-electron chi connectivity index (χ0n) is 16.6. The van der Waals surface area contributed by atoms with Crippen LogP contribution in [0.5, 0.6) is 0 Å². The number of aromatic carboxylic acids is 1. The number of carbonyl (C=O) groups is 4. The first-order chi connectivity index (χ1) is 14.5. The van der Waals surface area contributed by atoms with Gasteiger partial charge in [-0.2, -0.15) is 0 Å². The van der Waals surface area contributed by atoms with E-state index in [2.05, 4.69) is 4.90 Å². The molecule has 0 aromatic heterocycles. The van der Waals surface area contributed by atoms with Crippen LogP contribution in [0.4, 0.5) is 0 Å². The lowest BCUT2D eigenvalue weighted by atomic mass is 10.1. The molecule has 2 aliphatic rings. The number of aldehydes is 2. The van der Waals surface area contributed by atoms with Crippen LogP contribution in [0.15, 0.2) is 48.5 Å². The second-order valence-electron chi connectivity index (χ2n) is 7.34. The third kappa shape index (κ3) is 5.61. The third-order valence-corrected chi connectivity index (χ3v) is 5.25. The molecule has 1 aliphatic carbocycles. The Hall–Kier alpha value is -3.32. The zero-order valence-corrected chi connectivity index (χ0v) is 16.6. The van der Waals surface area contributed by atoms with Gasteiger partial charge < -0.3 is 10.0 Å². The molecule has 7 nitrogen and oxygen atoms in total. The maximum atomic E-state index is 12.3. The highest BCUT2D eigenvalue weighted by Gasteiger charge is 2.32. The van der Waals surface area contributed by atoms with Gasteiger partial charge in [-0.05, 0) is 37.1 Å². The molecule has 0 spiro atoms. The number of benzene rings is 2. The van der Waals surface area contributed by atoms with E-state index >= 15 is 0 Å². The molecular formula is C23H24N2O5. The van der Waals surface area contributed by atoms with Crippen molar-refractivity contribution in [1.29, 1.82) is 0 Å². The molecule has 2 aromatic rings. The van der Waals surface area contributed by atoms with Crippen molar-refractivity contribution in [3.63, 3.8) is 0 Å². The van der Waals surface area contributed by atoms with Crippen molar-refractivity contribution in [3.8, 4) is 0 Å². The summed E-state index contributed by atoms with van der Waals surface area (Å²) in [5, 5.41) is 8.46. The van der Waals surface area contributed by atoms with Crippen molar-refractivity contribution in [2.75, 3.05) is 26.2 Å². The molecule has 1 saturated carbocycles. The van der Waals surface area contributed by atoms with E-state index in [0.717, 1.165) is 38.5 Å². The van der Waals surface area contributed by atoms with Gasteiger partial charge in [0.05, 0.1) is 5.56 Å². The average Bonchev–Trinajstić information content (AvgIpc) is 3.65. The summed E-state index contributed by atoms with van der Waals surface area (Å²) >= 11 is 0. The molecule has 7 heteroatoms. The quantitative estimate of drug-likeness (QED) is 0.765. The summed E-state index contributed by atoms with van der Waals surface area (Å²) in [6.45, 7) is 3.60. The Bertz CT molecular complexity index is 896. The molecule has 1 saturated heterocycles. The number of piperazine rings is 1. The molecule has 30 heavy (non-hydrogen) atoms. The van der Waals surface area contributed by atoms with E-state index in [4.69, 9.17) is 5.11 Å². The van der Waals surface area contributed by atoms with Crippen molar-refractivity contribution >= 4 is 24.4 Å². The highest BCUT2D eigenvalue weighted by molar-refractivity contribution is 5.95. The van der Waals surface area contributed by atoms with Crippen molar-refractivity contribution in [3.05, 3.63) is 70.8 Å². The summed E-state index contributed by atoms with van der Waals surface area (Å²) < 4.78 is 0. The van der Waals surface area contributed by atoms with Gasteiger partial charge in [0, 0.05) is 48.9 Å². The summed E-state index contributed by atoms with van der Waals surface area (Å²) in [6.07, 6.45) is 4.11. The zero-order chi connectivity index (χ0) is 21.5. The predicted molar refractivity (Wildman–Crippen MR) is 111 cm³/mol. The first kappa shape index (κ1) is 21.4. The van der Waals surface area contributed by atoms with Crippen LogP contribution in [-0.2, 0) is 0 Å². The maximum absolute atomic E-state index is 12.3. The van der Waals surface area contributed by atoms with E-state index in [0.29, 0.717) is 23.0 Å². The number of hydrogen-bond acceptors (Lipinski definition) is 5. The molecule has 0 bridgehead atoms. The van der Waals surface area contributed by atoms with Crippen LogP contribution in [0.3, 0.4) is 0 Å². The van der Waals surface area contributed by atoms with E-state index in [-0.39, 0.29) is 11.5 Å². The van der Waals surface area contributed by atoms with Crippen molar-refractivity contribution in [2.45, 2.75) is 18.9 Å². The number of hydrogen-bond donors (Lipinski definition) is 1. The maximum Gasteiger partial charge on any atom is 0.335 e. The Kier molecular flexibility index (Phi) is 7.08. The van der Waals surface area contributed by atoms with E-state index < -0.39 is 5.97 Å². The monoisotopic (exact) mass is 408 g/mol. The highest BCUT2D eigenvalue weighted by atomic mass is 16.4. The summed E-state index contributed by atoms with van der Waals surface area (Å²) in [6, 6.07) is 13.4. The van der Waals surface area contributed by atoms with Gasteiger partial charge in [0.2, 0.25) is 0 Å². The Morgan fingerprint density at radius 1 is 0.767 bits per heavy atom. The molecule has 4 rings (SSSR count). The number of carboxylic acids is 1. The highest BCUT2D eigenvalue weighted by Crippen LogP contribution is 2.27. The van der Waals surface area contributed by atoms with E-state index in [9.17, 15) is 19.2 Å². The molecule has 0 unspecified atom stereocenters. The minimum Gasteiger partial charge on any atom is -0.478 e. The molecule has 1 aliphatic heterocycles. The molecule has 156 valence electrons. The van der Waals surface area contributed by atoms with E-state index in [1.165, 1.54) is 37.1 Å². The molecule has 1 N–H and O–H groups in total. The largest absolute Gasteiger partial charge is 0.478 e. The minimum absolute atomic E-state index is 0.0768. The van der Waals surface area contributed by atoms with Crippen LogP contribution in [0.25, 0.3) is 0 Å². The summed E-state index contributed by atoms with van der Waals surface area (Å²) in [4.78, 5) is 47.8. The fraction of sp³-hybridized carbons (Fsp3) is 0.304. The first-order valence-electron chi connectivity index (χ1n) is 9.89. The smallest absolute Gasteiger partial charge is 0.335 e. The van der Waals surface area contributed by atoms with Crippen LogP contribution in [0, 0.1) is 0 Å². The predicted octanol–water partition coefficient (Wildman–Crippen LogP) is 2.62. The lowest BCUT2D eigenvalue weighted by Gasteiger charge is -2.34. The summed E-state index contributed by atoms with van der Waals surface area (Å²) in [5.74, 6) is -0.907. The van der Waals surface area contributed by atoms with Crippen molar-refractivity contribution in [2.24, 2.45) is 0 Å². The fourth-order valence-electron chi connectivity index (χ4n) is 3.32. The van der Waals surface area contributed by atoms with Crippen LogP contribution in [0.1, 0.15) is 54.3 Å². The van der Waals surface area contributed by atoms with Gasteiger partial charge in [-0.15, -0.1) is 0 Å². The second-order valence-corrected chi connectivity index (χ2v) is 7.34. The molecule has 0 atom stereocenters. The molecule has 0 radical (unpaired) electrons. The van der Waals surface area contributed by atoms with Crippen LogP contribution in [-0.4, -0.2) is 71.6 Å². The van der Waals surface area contributed by atoms with Crippen LogP contribution in [0.2, 0.25) is 0 Å². The molecule has 2 fully saturated rings. The Balaban J connectivity index is 0.000000199. The van der Waals surface area contributed by atoms with Gasteiger partial charge in [0.25, 0.3) is 5.91 Å². The summed E-state index contributed by atoms with van der Waals surface area (Å²) in [7, 11) is 0. The fourth-order valence-corrected chi connectivity index (χ4v) is 3.32. The molecule has 2 aromatic carbocycles. The SMILES string of the molecule is O=Cc1ccc(C(=O)N2CCN(C3CC3)CC2)cc1.O=Cc1ccc(C(=O)O)cc1. The second kappa shape index (κ2) is 9.93. The molecule has 1 amide bonds. The van der Waals surface area contributed by atoms with E-state index in [1.54, 1.807) is 24.3 Å². The third-order valence-electron chi connectivity index (χ3n) is 5.25. The Morgan fingerprint density at radius 2 is 1.23 bits per heavy atom. The first-order valence-corrected chi connectivity index (χ1v) is 9.89. The molecule has 1 heterocycles. The van der Waals surface area contributed by atoms with Gasteiger partial charge >= 0.3 is 5.97 Å². The van der Waals surface area contributed by atoms with Gasteiger partial charge in [-0.1, -0.05) is 24.3 Å². The van der Waals surface area contributed by atoms with Crippen LogP contribution < -0.4 is 0 Å². The van der Waals surface area contributed by atoms with Crippen LogP contribution >= 0.6 is 0 Å². The normalized spacial score (nSPS) is 16.2. The van der Waals surface area contributed by atoms with Gasteiger partial charge in [0.15, 0.2) is 0 Å². The van der Waals surface area contributed by atoms with Crippen molar-refractivity contribution in [1.82, 2.24) is 9.80 Å². The average molecular weight is 408 g/mol. The number of amides is 1. The van der Waals surface area contributed by atoms with Gasteiger partial charge in [0.1, 0.15) is 12.6 Å². The number of nitrogens with zero attached hydrogens (tertiary/aromatic N) is 2. The minimum atomic E-state index is -0.984. The topological polar surface area (TPSA) is 95.0 Å². The Morgan fingerprint density at radius 3 is 1.63 bits per heavy atom. The van der Waals surface area contributed by atoms with Gasteiger partial charge in [-0.3, -0.25) is 19.3 Å². The number of carboxylic acid groups (broad SMARTS) is 1. The van der Waals surface area contributed by atoms with Gasteiger partial charge in [-0.25, -0.2) is 4.79 Å².